The summed E-state index contributed by atoms with van der Waals surface area (Å²) in [5.41, 5.74) is 6.31. The van der Waals surface area contributed by atoms with Crippen LogP contribution in [0.4, 0.5) is 4.79 Å². The SMILES string of the molecule is COc1cccc(C(CN)CNC(=O)OC(C)(C)C)c1. The molecule has 0 saturated heterocycles. The molecule has 0 aliphatic heterocycles. The van der Waals surface area contributed by atoms with E-state index in [1.54, 1.807) is 7.11 Å². The second kappa shape index (κ2) is 7.14. The van der Waals surface area contributed by atoms with Crippen molar-refractivity contribution in [1.82, 2.24) is 5.32 Å². The van der Waals surface area contributed by atoms with Gasteiger partial charge in [-0.1, -0.05) is 12.1 Å². The van der Waals surface area contributed by atoms with Gasteiger partial charge < -0.3 is 20.5 Å². The minimum Gasteiger partial charge on any atom is -0.497 e. The first kappa shape index (κ1) is 16.3. The molecule has 1 aromatic rings. The van der Waals surface area contributed by atoms with Gasteiger partial charge in [-0.25, -0.2) is 4.79 Å². The Bertz CT molecular complexity index is 441. The molecule has 0 aliphatic carbocycles. The van der Waals surface area contributed by atoms with Crippen LogP contribution in [0.1, 0.15) is 32.3 Å². The van der Waals surface area contributed by atoms with Crippen LogP contribution in [-0.2, 0) is 4.74 Å². The maximum Gasteiger partial charge on any atom is 0.407 e. The number of rotatable bonds is 5. The lowest BCUT2D eigenvalue weighted by Gasteiger charge is -2.21. The molecule has 0 aromatic heterocycles. The second-order valence-electron chi connectivity index (χ2n) is 5.59. The third-order valence-corrected chi connectivity index (χ3v) is 2.74. The molecule has 0 bridgehead atoms. The molecule has 1 amide bonds. The molecule has 0 spiro atoms. The van der Waals surface area contributed by atoms with E-state index in [9.17, 15) is 4.79 Å². The fraction of sp³-hybridized carbons (Fsp3) is 0.533. The highest BCUT2D eigenvalue weighted by Crippen LogP contribution is 2.19. The number of methoxy groups -OCH3 is 1. The van der Waals surface area contributed by atoms with Crippen LogP contribution in [0, 0.1) is 0 Å². The van der Waals surface area contributed by atoms with Crippen LogP contribution in [0.15, 0.2) is 24.3 Å². The molecule has 5 nitrogen and oxygen atoms in total. The van der Waals surface area contributed by atoms with E-state index in [1.807, 2.05) is 45.0 Å². The van der Waals surface area contributed by atoms with Crippen LogP contribution in [-0.4, -0.2) is 31.9 Å². The fourth-order valence-electron chi connectivity index (χ4n) is 1.75. The van der Waals surface area contributed by atoms with Gasteiger partial charge in [0.15, 0.2) is 0 Å². The van der Waals surface area contributed by atoms with E-state index in [2.05, 4.69) is 5.32 Å². The number of hydrogen-bond donors (Lipinski definition) is 2. The van der Waals surface area contributed by atoms with Gasteiger partial charge in [0.2, 0.25) is 0 Å². The molecular weight excluding hydrogens is 256 g/mol. The van der Waals surface area contributed by atoms with Crippen molar-refractivity contribution in [3.63, 3.8) is 0 Å². The third-order valence-electron chi connectivity index (χ3n) is 2.74. The third kappa shape index (κ3) is 5.48. The van der Waals surface area contributed by atoms with Crippen LogP contribution < -0.4 is 15.8 Å². The van der Waals surface area contributed by atoms with Crippen LogP contribution in [0.25, 0.3) is 0 Å². The van der Waals surface area contributed by atoms with Crippen molar-refractivity contribution in [3.05, 3.63) is 29.8 Å². The Kier molecular flexibility index (Phi) is 5.82. The van der Waals surface area contributed by atoms with Crippen molar-refractivity contribution in [2.45, 2.75) is 32.3 Å². The zero-order valence-corrected chi connectivity index (χ0v) is 12.6. The van der Waals surface area contributed by atoms with Crippen LogP contribution in [0.5, 0.6) is 5.75 Å². The van der Waals surface area contributed by atoms with Gasteiger partial charge in [0.05, 0.1) is 7.11 Å². The summed E-state index contributed by atoms with van der Waals surface area (Å²) in [7, 11) is 1.62. The van der Waals surface area contributed by atoms with Crippen molar-refractivity contribution in [1.29, 1.82) is 0 Å². The van der Waals surface area contributed by atoms with Gasteiger partial charge >= 0.3 is 6.09 Å². The Balaban J connectivity index is 2.61. The van der Waals surface area contributed by atoms with Gasteiger partial charge in [-0.15, -0.1) is 0 Å². The molecule has 1 atom stereocenters. The molecule has 1 unspecified atom stereocenters. The molecule has 3 N–H and O–H groups in total. The topological polar surface area (TPSA) is 73.6 Å². The van der Waals surface area contributed by atoms with Crippen molar-refractivity contribution in [3.8, 4) is 5.75 Å². The van der Waals surface area contributed by atoms with Crippen molar-refractivity contribution in [2.75, 3.05) is 20.2 Å². The molecule has 0 radical (unpaired) electrons. The Morgan fingerprint density at radius 2 is 2.10 bits per heavy atom. The zero-order chi connectivity index (χ0) is 15.2. The number of nitrogens with one attached hydrogen (secondary N) is 1. The summed E-state index contributed by atoms with van der Waals surface area (Å²) >= 11 is 0. The minimum absolute atomic E-state index is 0.0256. The molecule has 0 saturated carbocycles. The molecule has 0 heterocycles. The molecular formula is C15H24N2O3. The maximum absolute atomic E-state index is 11.6. The van der Waals surface area contributed by atoms with Crippen molar-refractivity contribution in [2.24, 2.45) is 5.73 Å². The number of hydrogen-bond acceptors (Lipinski definition) is 4. The first-order valence-electron chi connectivity index (χ1n) is 6.66. The van der Waals surface area contributed by atoms with E-state index in [0.717, 1.165) is 11.3 Å². The predicted octanol–water partition coefficient (Wildman–Crippen LogP) is 2.26. The van der Waals surface area contributed by atoms with Crippen molar-refractivity contribution < 1.29 is 14.3 Å². The highest BCUT2D eigenvalue weighted by atomic mass is 16.6. The summed E-state index contributed by atoms with van der Waals surface area (Å²) in [5.74, 6) is 0.802. The fourth-order valence-corrected chi connectivity index (χ4v) is 1.75. The largest absolute Gasteiger partial charge is 0.497 e. The summed E-state index contributed by atoms with van der Waals surface area (Å²) < 4.78 is 10.4. The lowest BCUT2D eigenvalue weighted by molar-refractivity contribution is 0.0525. The molecule has 1 rings (SSSR count). The van der Waals surface area contributed by atoms with Gasteiger partial charge in [0, 0.05) is 19.0 Å². The van der Waals surface area contributed by atoms with E-state index in [0.29, 0.717) is 13.1 Å². The van der Waals surface area contributed by atoms with Gasteiger partial charge in [-0.05, 0) is 38.5 Å². The Morgan fingerprint density at radius 3 is 2.65 bits per heavy atom. The number of amides is 1. The van der Waals surface area contributed by atoms with E-state index in [4.69, 9.17) is 15.2 Å². The van der Waals surface area contributed by atoms with Crippen molar-refractivity contribution >= 4 is 6.09 Å². The smallest absolute Gasteiger partial charge is 0.407 e. The quantitative estimate of drug-likeness (QED) is 0.867. The van der Waals surface area contributed by atoms with Gasteiger partial charge in [0.25, 0.3) is 0 Å². The molecule has 20 heavy (non-hydrogen) atoms. The molecule has 112 valence electrons. The lowest BCUT2D eigenvalue weighted by Crippen LogP contribution is -2.36. The summed E-state index contributed by atoms with van der Waals surface area (Å²) in [6, 6.07) is 7.67. The van der Waals surface area contributed by atoms with Gasteiger partial charge in [-0.2, -0.15) is 0 Å². The standard InChI is InChI=1S/C15H24N2O3/c1-15(2,3)20-14(18)17-10-12(9-16)11-6-5-7-13(8-11)19-4/h5-8,12H,9-10,16H2,1-4H3,(H,17,18). The van der Waals surface area contributed by atoms with Gasteiger partial charge in [0.1, 0.15) is 11.4 Å². The highest BCUT2D eigenvalue weighted by Gasteiger charge is 2.18. The van der Waals surface area contributed by atoms with E-state index < -0.39 is 11.7 Å². The first-order valence-corrected chi connectivity index (χ1v) is 6.66. The Morgan fingerprint density at radius 1 is 1.40 bits per heavy atom. The van der Waals surface area contributed by atoms with Gasteiger partial charge in [-0.3, -0.25) is 0 Å². The normalized spacial score (nSPS) is 12.7. The number of ether oxygens (including phenoxy) is 2. The number of carbonyl (C=O) groups excluding carboxylic acids is 1. The number of alkyl carbamates (subject to hydrolysis) is 1. The highest BCUT2D eigenvalue weighted by molar-refractivity contribution is 5.67. The van der Waals surface area contributed by atoms with Crippen LogP contribution in [0.3, 0.4) is 0 Å². The van der Waals surface area contributed by atoms with E-state index >= 15 is 0 Å². The second-order valence-corrected chi connectivity index (χ2v) is 5.59. The monoisotopic (exact) mass is 280 g/mol. The lowest BCUT2D eigenvalue weighted by atomic mass is 9.99. The molecule has 0 fully saturated rings. The zero-order valence-electron chi connectivity index (χ0n) is 12.6. The average molecular weight is 280 g/mol. The van der Waals surface area contributed by atoms with E-state index in [-0.39, 0.29) is 5.92 Å². The molecule has 1 aromatic carbocycles. The summed E-state index contributed by atoms with van der Waals surface area (Å²) in [4.78, 5) is 11.6. The number of nitrogens with two attached hydrogens (primary N) is 1. The summed E-state index contributed by atoms with van der Waals surface area (Å²) in [6.45, 7) is 6.35. The molecule has 0 aliphatic rings. The van der Waals surface area contributed by atoms with E-state index in [1.165, 1.54) is 0 Å². The molecule has 5 heteroatoms. The van der Waals surface area contributed by atoms with Crippen LogP contribution >= 0.6 is 0 Å². The summed E-state index contributed by atoms with van der Waals surface area (Å²) in [5, 5.41) is 2.74. The Labute approximate surface area is 120 Å². The first-order chi connectivity index (χ1) is 9.35. The number of benzene rings is 1. The average Bonchev–Trinajstić information content (AvgIpc) is 2.37. The summed E-state index contributed by atoms with van der Waals surface area (Å²) in [6.07, 6.45) is -0.432. The maximum atomic E-state index is 11.6. The number of carbonyl (C=O) groups is 1. The minimum atomic E-state index is -0.502. The Hall–Kier alpha value is -1.75. The predicted molar refractivity (Wildman–Crippen MR) is 79.0 cm³/mol. The van der Waals surface area contributed by atoms with Crippen LogP contribution in [0.2, 0.25) is 0 Å².